The van der Waals surface area contributed by atoms with Crippen LogP contribution in [-0.4, -0.2) is 74.8 Å². The second-order valence-electron chi connectivity index (χ2n) is 7.63. The minimum Gasteiger partial charge on any atom is -0.379 e. The van der Waals surface area contributed by atoms with Crippen LogP contribution in [0.25, 0.3) is 11.2 Å². The molecule has 0 saturated carbocycles. The maximum atomic E-state index is 13.4. The molecular weight excluding hydrogens is 376 g/mol. The molecule has 2 aliphatic heterocycles. The van der Waals surface area contributed by atoms with Crippen LogP contribution >= 0.6 is 0 Å². The third kappa shape index (κ3) is 2.97. The van der Waals surface area contributed by atoms with Crippen molar-refractivity contribution < 1.29 is 14.1 Å². The number of rotatable bonds is 2. The Morgan fingerprint density at radius 1 is 1.24 bits per heavy atom. The van der Waals surface area contributed by atoms with Gasteiger partial charge in [-0.05, 0) is 13.8 Å². The number of ether oxygens (including phenoxy) is 1. The molecule has 5 rings (SSSR count). The fourth-order valence-corrected chi connectivity index (χ4v) is 4.26. The average Bonchev–Trinajstić information content (AvgIpc) is 3.14. The van der Waals surface area contributed by atoms with Crippen LogP contribution in [-0.2, 0) is 4.74 Å². The van der Waals surface area contributed by atoms with Crippen molar-refractivity contribution in [3.05, 3.63) is 23.3 Å². The van der Waals surface area contributed by atoms with Gasteiger partial charge in [0.15, 0.2) is 11.5 Å². The minimum absolute atomic E-state index is 0.0718. The summed E-state index contributed by atoms with van der Waals surface area (Å²) in [5, 5.41) is 3.94. The summed E-state index contributed by atoms with van der Waals surface area (Å²) in [6.07, 6.45) is 1.58. The quantitative estimate of drug-likeness (QED) is 0.632. The molecule has 0 radical (unpaired) electrons. The molecule has 2 saturated heterocycles. The molecule has 2 fully saturated rings. The SMILES string of the molecule is Cc1noc(C)c1C(=O)N1C[C@H]2COC[C@@H]1CN(c1nc(N)nc3nc[nH]c13)C2. The van der Waals surface area contributed by atoms with E-state index in [4.69, 9.17) is 15.0 Å². The number of aromatic nitrogens is 5. The highest BCUT2D eigenvalue weighted by atomic mass is 16.5. The fraction of sp³-hybridized carbons (Fsp3) is 0.500. The number of fused-ring (bicyclic) bond motifs is 4. The lowest BCUT2D eigenvalue weighted by Crippen LogP contribution is -2.47. The van der Waals surface area contributed by atoms with Crippen LogP contribution in [0.15, 0.2) is 10.9 Å². The van der Waals surface area contributed by atoms with E-state index in [9.17, 15) is 4.79 Å². The van der Waals surface area contributed by atoms with E-state index in [0.29, 0.717) is 61.3 Å². The van der Waals surface area contributed by atoms with Crippen molar-refractivity contribution >= 4 is 28.8 Å². The van der Waals surface area contributed by atoms with Crippen LogP contribution in [0.2, 0.25) is 0 Å². The summed E-state index contributed by atoms with van der Waals surface area (Å²) in [6.45, 7) is 6.42. The van der Waals surface area contributed by atoms with Crippen LogP contribution in [0, 0.1) is 19.8 Å². The van der Waals surface area contributed by atoms with Crippen LogP contribution in [0.5, 0.6) is 0 Å². The Hall–Kier alpha value is -3.21. The van der Waals surface area contributed by atoms with E-state index in [-0.39, 0.29) is 23.8 Å². The standard InChI is InChI=1S/C18H22N8O3/c1-9-13(10(2)29-24-9)17(27)26-4-11-3-25(5-12(26)7-28-6-11)16-14-15(21-8-20-14)22-18(19)23-16/h8,11-12H,3-7H2,1-2H3,(H3,19,20,21,22,23)/t11-,12-/m0/s1. The van der Waals surface area contributed by atoms with E-state index in [1.807, 2.05) is 4.90 Å². The van der Waals surface area contributed by atoms with Gasteiger partial charge < -0.3 is 29.8 Å². The summed E-state index contributed by atoms with van der Waals surface area (Å²) >= 11 is 0. The van der Waals surface area contributed by atoms with Gasteiger partial charge in [-0.25, -0.2) is 4.98 Å². The molecule has 1 amide bonds. The number of hydrogen-bond acceptors (Lipinski definition) is 9. The first-order valence-corrected chi connectivity index (χ1v) is 9.54. The van der Waals surface area contributed by atoms with E-state index in [1.165, 1.54) is 0 Å². The highest BCUT2D eigenvalue weighted by Gasteiger charge is 2.38. The van der Waals surface area contributed by atoms with Crippen LogP contribution < -0.4 is 10.6 Å². The Labute approximate surface area is 166 Å². The highest BCUT2D eigenvalue weighted by molar-refractivity contribution is 5.96. The lowest BCUT2D eigenvalue weighted by atomic mass is 10.1. The molecule has 2 aliphatic rings. The minimum atomic E-state index is -0.141. The fourth-order valence-electron chi connectivity index (χ4n) is 4.26. The average molecular weight is 398 g/mol. The first-order chi connectivity index (χ1) is 14.0. The van der Waals surface area contributed by atoms with E-state index < -0.39 is 0 Å². The van der Waals surface area contributed by atoms with Crippen molar-refractivity contribution in [2.24, 2.45) is 5.92 Å². The van der Waals surface area contributed by atoms with Gasteiger partial charge >= 0.3 is 0 Å². The van der Waals surface area contributed by atoms with Crippen LogP contribution in [0.1, 0.15) is 21.8 Å². The number of hydrogen-bond donors (Lipinski definition) is 2. The molecule has 152 valence electrons. The Morgan fingerprint density at radius 2 is 2.10 bits per heavy atom. The van der Waals surface area contributed by atoms with Crippen LogP contribution in [0.3, 0.4) is 0 Å². The molecular formula is C18H22N8O3. The van der Waals surface area contributed by atoms with E-state index >= 15 is 0 Å². The largest absolute Gasteiger partial charge is 0.379 e. The van der Waals surface area contributed by atoms with Gasteiger partial charge in [-0.1, -0.05) is 5.16 Å². The summed E-state index contributed by atoms with van der Waals surface area (Å²) in [7, 11) is 0. The molecule has 0 aliphatic carbocycles. The predicted octanol–water partition coefficient (Wildman–Crippen LogP) is 0.517. The van der Waals surface area contributed by atoms with Crippen molar-refractivity contribution in [2.75, 3.05) is 43.5 Å². The molecule has 11 nitrogen and oxygen atoms in total. The summed E-state index contributed by atoms with van der Waals surface area (Å²) in [5.74, 6) is 1.47. The molecule has 3 aromatic rings. The number of nitrogens with zero attached hydrogens (tertiary/aromatic N) is 6. The third-order valence-electron chi connectivity index (χ3n) is 5.56. The van der Waals surface area contributed by atoms with Crippen molar-refractivity contribution in [2.45, 2.75) is 19.9 Å². The lowest BCUT2D eigenvalue weighted by Gasteiger charge is -2.31. The van der Waals surface area contributed by atoms with Gasteiger partial charge in [-0.15, -0.1) is 0 Å². The monoisotopic (exact) mass is 398 g/mol. The summed E-state index contributed by atoms with van der Waals surface area (Å²) in [6, 6.07) is -0.141. The molecule has 5 heterocycles. The number of aromatic amines is 1. The van der Waals surface area contributed by atoms with Crippen LogP contribution in [0.4, 0.5) is 11.8 Å². The number of amides is 1. The molecule has 0 unspecified atom stereocenters. The molecule has 11 heteroatoms. The van der Waals surface area contributed by atoms with Crippen molar-refractivity contribution in [3.63, 3.8) is 0 Å². The number of aryl methyl sites for hydroxylation is 2. The van der Waals surface area contributed by atoms with E-state index in [0.717, 1.165) is 5.52 Å². The predicted molar refractivity (Wildman–Crippen MR) is 103 cm³/mol. The molecule has 2 atom stereocenters. The van der Waals surface area contributed by atoms with E-state index in [2.05, 4.69) is 30.0 Å². The number of imidazole rings is 1. The molecule has 29 heavy (non-hydrogen) atoms. The molecule has 0 spiro atoms. The Bertz CT molecular complexity index is 1060. The number of anilines is 2. The first-order valence-electron chi connectivity index (χ1n) is 9.54. The number of nitrogens with two attached hydrogens (primary N) is 1. The maximum Gasteiger partial charge on any atom is 0.259 e. The van der Waals surface area contributed by atoms with Gasteiger partial charge in [0.2, 0.25) is 5.95 Å². The van der Waals surface area contributed by atoms with Gasteiger partial charge in [0.05, 0.1) is 31.3 Å². The zero-order valence-corrected chi connectivity index (χ0v) is 16.3. The summed E-state index contributed by atoms with van der Waals surface area (Å²) in [4.78, 5) is 33.3. The molecule has 0 aromatic carbocycles. The number of carbonyl (C=O) groups excluding carboxylic acids is 1. The van der Waals surface area contributed by atoms with E-state index in [1.54, 1.807) is 20.2 Å². The number of nitrogens with one attached hydrogen (secondary N) is 1. The van der Waals surface area contributed by atoms with Crippen molar-refractivity contribution in [3.8, 4) is 0 Å². The zero-order valence-electron chi connectivity index (χ0n) is 16.3. The smallest absolute Gasteiger partial charge is 0.259 e. The van der Waals surface area contributed by atoms with Gasteiger partial charge in [0.25, 0.3) is 5.91 Å². The Kier molecular flexibility index (Phi) is 4.12. The van der Waals surface area contributed by atoms with Crippen molar-refractivity contribution in [1.82, 2.24) is 30.0 Å². The zero-order chi connectivity index (χ0) is 20.1. The van der Waals surface area contributed by atoms with Gasteiger partial charge in [0, 0.05) is 25.6 Å². The number of nitrogen functional groups attached to an aromatic ring is 1. The van der Waals surface area contributed by atoms with Gasteiger partial charge in [-0.3, -0.25) is 4.79 Å². The molecule has 2 bridgehead atoms. The summed E-state index contributed by atoms with van der Waals surface area (Å²) < 4.78 is 11.1. The second-order valence-corrected chi connectivity index (χ2v) is 7.63. The molecule has 3 aromatic heterocycles. The number of H-pyrrole nitrogens is 1. The first kappa shape index (κ1) is 17.9. The van der Waals surface area contributed by atoms with Crippen molar-refractivity contribution in [1.29, 1.82) is 0 Å². The summed E-state index contributed by atoms with van der Waals surface area (Å²) in [5.41, 5.74) is 8.32. The topological polar surface area (TPSA) is 139 Å². The lowest BCUT2D eigenvalue weighted by molar-refractivity contribution is 0.0610. The number of carbonyl (C=O) groups is 1. The Balaban J connectivity index is 1.51. The normalized spacial score (nSPS) is 22.1. The third-order valence-corrected chi connectivity index (χ3v) is 5.56. The maximum absolute atomic E-state index is 13.4. The highest BCUT2D eigenvalue weighted by Crippen LogP contribution is 2.29. The molecule has 3 N–H and O–H groups in total. The second kappa shape index (κ2) is 6.69. The van der Waals surface area contributed by atoms with Gasteiger partial charge in [0.1, 0.15) is 16.8 Å². The van der Waals surface area contributed by atoms with Gasteiger partial charge in [-0.2, -0.15) is 9.97 Å². The Morgan fingerprint density at radius 3 is 2.90 bits per heavy atom.